The number of nitrogens with zero attached hydrogens (tertiary/aromatic N) is 1. The summed E-state index contributed by atoms with van der Waals surface area (Å²) >= 11 is 0. The van der Waals surface area contributed by atoms with Crippen LogP contribution >= 0.6 is 0 Å². The zero-order chi connectivity index (χ0) is 14.2. The van der Waals surface area contributed by atoms with Gasteiger partial charge < -0.3 is 15.4 Å². The first-order chi connectivity index (χ1) is 10.3. The van der Waals surface area contributed by atoms with Gasteiger partial charge in [0.1, 0.15) is 5.75 Å². The Labute approximate surface area is 125 Å². The van der Waals surface area contributed by atoms with Crippen molar-refractivity contribution in [1.29, 1.82) is 0 Å². The van der Waals surface area contributed by atoms with E-state index < -0.39 is 0 Å². The first kappa shape index (κ1) is 12.7. The van der Waals surface area contributed by atoms with Gasteiger partial charge in [0.15, 0.2) is 0 Å². The molecular weight excluding hydrogens is 260 g/mol. The first-order valence-corrected chi connectivity index (χ1v) is 7.61. The van der Waals surface area contributed by atoms with Crippen molar-refractivity contribution >= 4 is 5.69 Å². The molecule has 4 rings (SSSR count). The van der Waals surface area contributed by atoms with Crippen molar-refractivity contribution < 1.29 is 4.74 Å². The maximum absolute atomic E-state index is 6.24. The van der Waals surface area contributed by atoms with Gasteiger partial charge in [-0.25, -0.2) is 0 Å². The van der Waals surface area contributed by atoms with Crippen LogP contribution in [0.5, 0.6) is 5.75 Å². The predicted molar refractivity (Wildman–Crippen MR) is 85.0 cm³/mol. The Kier molecular flexibility index (Phi) is 3.08. The molecular formula is C18H20N2O. The van der Waals surface area contributed by atoms with Crippen molar-refractivity contribution in [2.24, 2.45) is 5.73 Å². The van der Waals surface area contributed by atoms with Crippen molar-refractivity contribution in [2.45, 2.75) is 18.4 Å². The molecule has 2 atom stereocenters. The van der Waals surface area contributed by atoms with E-state index in [1.165, 1.54) is 16.8 Å². The third-order valence-corrected chi connectivity index (χ3v) is 4.51. The smallest absolute Gasteiger partial charge is 0.122 e. The van der Waals surface area contributed by atoms with Crippen molar-refractivity contribution in [3.05, 3.63) is 59.7 Å². The number of hydrogen-bond acceptors (Lipinski definition) is 3. The predicted octanol–water partition coefficient (Wildman–Crippen LogP) is 2.55. The Morgan fingerprint density at radius 3 is 2.86 bits per heavy atom. The molecule has 2 N–H and O–H groups in total. The molecule has 0 fully saturated rings. The number of anilines is 1. The Morgan fingerprint density at radius 1 is 1.10 bits per heavy atom. The molecule has 0 amide bonds. The quantitative estimate of drug-likeness (QED) is 0.919. The van der Waals surface area contributed by atoms with E-state index in [-0.39, 0.29) is 6.04 Å². The van der Waals surface area contributed by atoms with E-state index in [2.05, 4.69) is 47.4 Å². The molecule has 2 aliphatic rings. The Morgan fingerprint density at radius 2 is 1.90 bits per heavy atom. The Hall–Kier alpha value is -2.00. The number of benzene rings is 2. The van der Waals surface area contributed by atoms with Crippen molar-refractivity contribution in [3.8, 4) is 5.75 Å². The summed E-state index contributed by atoms with van der Waals surface area (Å²) in [6.45, 7) is 2.67. The molecule has 21 heavy (non-hydrogen) atoms. The van der Waals surface area contributed by atoms with Gasteiger partial charge in [0.25, 0.3) is 0 Å². The van der Waals surface area contributed by atoms with Crippen molar-refractivity contribution in [2.75, 3.05) is 24.6 Å². The fraction of sp³-hybridized carbons (Fsp3) is 0.333. The lowest BCUT2D eigenvalue weighted by Crippen LogP contribution is -2.45. The normalized spacial score (nSPS) is 23.4. The fourth-order valence-corrected chi connectivity index (χ4v) is 3.54. The molecule has 0 spiro atoms. The third kappa shape index (κ3) is 2.28. The van der Waals surface area contributed by atoms with Crippen LogP contribution in [0.1, 0.15) is 17.0 Å². The summed E-state index contributed by atoms with van der Waals surface area (Å²) in [7, 11) is 0. The standard InChI is InChI=1S/C18H20N2O/c19-15-9-13-5-1-3-7-17(13)20(11-15)10-14-12-21-18-8-4-2-6-16(14)18/h1-8,14-15H,9-12,19H2. The van der Waals surface area contributed by atoms with Crippen LogP contribution in [-0.4, -0.2) is 25.7 Å². The molecule has 108 valence electrons. The largest absolute Gasteiger partial charge is 0.493 e. The highest BCUT2D eigenvalue weighted by atomic mass is 16.5. The minimum atomic E-state index is 0.220. The monoisotopic (exact) mass is 280 g/mol. The number of fused-ring (bicyclic) bond motifs is 2. The van der Waals surface area contributed by atoms with E-state index in [9.17, 15) is 0 Å². The molecule has 2 aromatic rings. The van der Waals surface area contributed by atoms with E-state index in [1.807, 2.05) is 6.07 Å². The van der Waals surface area contributed by atoms with Gasteiger partial charge in [-0.2, -0.15) is 0 Å². The Balaban J connectivity index is 1.61. The van der Waals surface area contributed by atoms with E-state index >= 15 is 0 Å². The van der Waals surface area contributed by atoms with Crippen LogP contribution in [0, 0.1) is 0 Å². The molecule has 0 bridgehead atoms. The van der Waals surface area contributed by atoms with Crippen LogP contribution in [0.3, 0.4) is 0 Å². The van der Waals surface area contributed by atoms with Crippen molar-refractivity contribution in [3.63, 3.8) is 0 Å². The SMILES string of the molecule is NC1Cc2ccccc2N(CC2COc3ccccc32)C1. The van der Waals surface area contributed by atoms with Gasteiger partial charge in [-0.05, 0) is 24.1 Å². The molecule has 0 aromatic heterocycles. The van der Waals surface area contributed by atoms with Crippen molar-refractivity contribution in [1.82, 2.24) is 0 Å². The average molecular weight is 280 g/mol. The highest BCUT2D eigenvalue weighted by Crippen LogP contribution is 2.36. The van der Waals surface area contributed by atoms with Gasteiger partial charge >= 0.3 is 0 Å². The van der Waals surface area contributed by atoms with Crippen LogP contribution in [-0.2, 0) is 6.42 Å². The highest BCUT2D eigenvalue weighted by molar-refractivity contribution is 5.57. The minimum Gasteiger partial charge on any atom is -0.493 e. The molecule has 3 nitrogen and oxygen atoms in total. The number of ether oxygens (including phenoxy) is 1. The molecule has 0 saturated carbocycles. The van der Waals surface area contributed by atoms with E-state index in [4.69, 9.17) is 10.5 Å². The summed E-state index contributed by atoms with van der Waals surface area (Å²) in [5.41, 5.74) is 10.3. The lowest BCUT2D eigenvalue weighted by atomic mass is 9.95. The molecule has 3 heteroatoms. The van der Waals surface area contributed by atoms with Crippen LogP contribution in [0.25, 0.3) is 0 Å². The topological polar surface area (TPSA) is 38.5 Å². The molecule has 2 aliphatic heterocycles. The average Bonchev–Trinajstić information content (AvgIpc) is 2.90. The molecule has 2 unspecified atom stereocenters. The summed E-state index contributed by atoms with van der Waals surface area (Å²) < 4.78 is 5.81. The third-order valence-electron chi connectivity index (χ3n) is 4.51. The highest BCUT2D eigenvalue weighted by Gasteiger charge is 2.29. The number of rotatable bonds is 2. The number of nitrogens with two attached hydrogens (primary N) is 1. The zero-order valence-corrected chi connectivity index (χ0v) is 12.0. The van der Waals surface area contributed by atoms with Gasteiger partial charge in [0.05, 0.1) is 6.61 Å². The number of hydrogen-bond donors (Lipinski definition) is 1. The lowest BCUT2D eigenvalue weighted by molar-refractivity contribution is 0.330. The minimum absolute atomic E-state index is 0.220. The second-order valence-corrected chi connectivity index (χ2v) is 6.04. The van der Waals surface area contributed by atoms with Gasteiger partial charge in [0, 0.05) is 36.3 Å². The molecule has 2 heterocycles. The summed E-state index contributed by atoms with van der Waals surface area (Å²) in [5.74, 6) is 1.47. The summed E-state index contributed by atoms with van der Waals surface area (Å²) in [6.07, 6.45) is 0.977. The van der Waals surface area contributed by atoms with Gasteiger partial charge in [0.2, 0.25) is 0 Å². The lowest BCUT2D eigenvalue weighted by Gasteiger charge is -2.36. The first-order valence-electron chi connectivity index (χ1n) is 7.61. The summed E-state index contributed by atoms with van der Waals surface area (Å²) in [6, 6.07) is 17.2. The van der Waals surface area contributed by atoms with Crippen LogP contribution in [0.2, 0.25) is 0 Å². The maximum atomic E-state index is 6.24. The van der Waals surface area contributed by atoms with Crippen LogP contribution in [0.15, 0.2) is 48.5 Å². The Bertz CT molecular complexity index is 655. The second-order valence-electron chi connectivity index (χ2n) is 6.04. The zero-order valence-electron chi connectivity index (χ0n) is 12.0. The summed E-state index contributed by atoms with van der Waals surface area (Å²) in [5, 5.41) is 0. The molecule has 0 radical (unpaired) electrons. The summed E-state index contributed by atoms with van der Waals surface area (Å²) in [4.78, 5) is 2.43. The van der Waals surface area contributed by atoms with Gasteiger partial charge in [-0.3, -0.25) is 0 Å². The second kappa shape index (κ2) is 5.08. The van der Waals surface area contributed by atoms with Crippen LogP contribution in [0.4, 0.5) is 5.69 Å². The fourth-order valence-electron chi connectivity index (χ4n) is 3.54. The van der Waals surface area contributed by atoms with Gasteiger partial charge in [-0.1, -0.05) is 36.4 Å². The maximum Gasteiger partial charge on any atom is 0.122 e. The van der Waals surface area contributed by atoms with E-state index in [0.29, 0.717) is 5.92 Å². The molecule has 0 saturated heterocycles. The molecule has 2 aromatic carbocycles. The van der Waals surface area contributed by atoms with E-state index in [0.717, 1.165) is 31.9 Å². The van der Waals surface area contributed by atoms with Gasteiger partial charge in [-0.15, -0.1) is 0 Å². The van der Waals surface area contributed by atoms with E-state index in [1.54, 1.807) is 0 Å². The van der Waals surface area contributed by atoms with Crippen LogP contribution < -0.4 is 15.4 Å². The number of para-hydroxylation sites is 2. The molecule has 0 aliphatic carbocycles.